The summed E-state index contributed by atoms with van der Waals surface area (Å²) in [5.41, 5.74) is 4.76. The Kier molecular flexibility index (Phi) is 42.2. The lowest BCUT2D eigenvalue weighted by molar-refractivity contribution is -0.383. The predicted octanol–water partition coefficient (Wildman–Crippen LogP) is 17.1. The molecule has 35 heteroatoms. The third-order valence-electron chi connectivity index (χ3n) is 17.5. The molecule has 0 aliphatic heterocycles. The number of halogens is 8. The number of aromatic nitrogens is 2. The van der Waals surface area contributed by atoms with Gasteiger partial charge in [0, 0.05) is 116 Å². The number of amides is 7. The molecule has 0 aliphatic carbocycles. The zero-order valence-electron chi connectivity index (χ0n) is 64.5. The average molecular weight is 2460 g/mol. The molecule has 6 rings (SSSR count). The maximum Gasteiger partial charge on any atom is 0.407 e. The quantitative estimate of drug-likeness (QED) is 0.00558. The molecule has 0 fully saturated rings. The average Bonchev–Trinajstić information content (AvgIpc) is 1.70. The van der Waals surface area contributed by atoms with E-state index in [2.05, 4.69) is 258 Å². The summed E-state index contributed by atoms with van der Waals surface area (Å²) in [4.78, 5) is 135. The van der Waals surface area contributed by atoms with Crippen molar-refractivity contribution in [2.45, 2.75) is 207 Å². The third kappa shape index (κ3) is 33.2. The van der Waals surface area contributed by atoms with Gasteiger partial charge in [-0.05, 0) is 375 Å². The maximum atomic E-state index is 14.5. The number of carbonyl (C=O) groups excluding carboxylic acids is 9. The number of alkyl carbamates (subject to hydrolysis) is 2. The first-order chi connectivity index (χ1) is 53.6. The van der Waals surface area contributed by atoms with E-state index in [-0.39, 0.29) is 80.1 Å². The summed E-state index contributed by atoms with van der Waals surface area (Å²) >= 11 is 17.6. The number of nitrogens with one attached hydrogen (secondary N) is 10. The van der Waals surface area contributed by atoms with Gasteiger partial charge in [0.05, 0.1) is 28.0 Å². The molecule has 0 saturated heterocycles. The van der Waals surface area contributed by atoms with E-state index in [1.165, 1.54) is 11.6 Å². The first kappa shape index (κ1) is 97.2. The molecule has 7 amide bonds. The van der Waals surface area contributed by atoms with E-state index >= 15 is 0 Å². The van der Waals surface area contributed by atoms with Gasteiger partial charge in [-0.25, -0.2) is 14.2 Å². The number of unbranched alkanes of at least 4 members (excludes halogenated alkanes) is 6. The van der Waals surface area contributed by atoms with Crippen LogP contribution in [0.25, 0.3) is 11.0 Å². The van der Waals surface area contributed by atoms with Crippen molar-refractivity contribution in [1.29, 1.82) is 0 Å². The van der Waals surface area contributed by atoms with Gasteiger partial charge in [0.1, 0.15) is 28.8 Å². The van der Waals surface area contributed by atoms with Crippen molar-refractivity contribution >= 4 is 268 Å². The molecular formula is C78H99I8N13O14. The summed E-state index contributed by atoms with van der Waals surface area (Å²) in [5.74, 6) is -2.37. The molecule has 616 valence electrons. The van der Waals surface area contributed by atoms with Gasteiger partial charge in [-0.2, -0.15) is 0 Å². The standard InChI is InChI=1S/C78H99I8N13O14/c1-9-11-22-50-51(79)37-46(38-52(50)80)63(100)26-16-12-14-24-60(95-71(103)48-41-55(83)67(56(84)42-48)88-33-35-92-75(107)111-77(3,4)5)73(105)90-31-19-18-23-59(94-70(102)47-39-53(81)66(54(82)40-47)87-30-10-2)64(101)27-17-13-15-25-61(74(106)91-32-20-21-45-28-29-62(99(109)110)69-65(45)97-113-98-69)96-72(104)49-43-57(85)68(58(86)44-49)89-34-36-93-76(108)112-78(6,7)8/h28-29,37-44,59-61,87-89H,9-27,30-36H2,1-8H3,(H,90,105)(H,91,106)(H,92,107)(H,93,108)(H,94,102)(H,95,103)(H,96,104)/t59-,60-,61-/m0/s1. The highest BCUT2D eigenvalue weighted by atomic mass is 127. The normalized spacial score (nSPS) is 12.2. The first-order valence-electron chi connectivity index (χ1n) is 37.6. The number of nitro groups is 1. The summed E-state index contributed by atoms with van der Waals surface area (Å²) in [6.45, 7) is 17.3. The van der Waals surface area contributed by atoms with Crippen LogP contribution in [0.15, 0.2) is 65.3 Å². The molecule has 0 saturated carbocycles. The fourth-order valence-electron chi connectivity index (χ4n) is 11.8. The number of carbonyl (C=O) groups is 9. The molecule has 0 bridgehead atoms. The number of rotatable bonds is 46. The van der Waals surface area contributed by atoms with Gasteiger partial charge in [-0.15, -0.1) is 0 Å². The van der Waals surface area contributed by atoms with Gasteiger partial charge in [0.2, 0.25) is 17.3 Å². The highest BCUT2D eigenvalue weighted by molar-refractivity contribution is 14.1. The molecule has 0 aliphatic rings. The summed E-state index contributed by atoms with van der Waals surface area (Å²) in [6.07, 6.45) is 8.70. The molecule has 1 heterocycles. The number of hydrogen-bond donors (Lipinski definition) is 10. The van der Waals surface area contributed by atoms with Gasteiger partial charge < -0.3 is 62.6 Å². The predicted molar refractivity (Wildman–Crippen MR) is 506 cm³/mol. The summed E-state index contributed by atoms with van der Waals surface area (Å²) in [7, 11) is 0. The number of anilines is 3. The molecule has 10 N–H and O–H groups in total. The highest BCUT2D eigenvalue weighted by Gasteiger charge is 2.29. The molecule has 5 aromatic carbocycles. The molecule has 6 aromatic rings. The monoisotopic (exact) mass is 2460 g/mol. The number of fused-ring (bicyclic) bond motifs is 1. The van der Waals surface area contributed by atoms with Crippen LogP contribution in [0, 0.1) is 38.7 Å². The van der Waals surface area contributed by atoms with E-state index in [0.29, 0.717) is 112 Å². The van der Waals surface area contributed by atoms with Crippen LogP contribution in [0.4, 0.5) is 32.3 Å². The Labute approximate surface area is 769 Å². The smallest absolute Gasteiger partial charge is 0.407 e. The van der Waals surface area contributed by atoms with Crippen molar-refractivity contribution < 1.29 is 62.2 Å². The van der Waals surface area contributed by atoms with Crippen LogP contribution in [0.2, 0.25) is 0 Å². The van der Waals surface area contributed by atoms with Crippen molar-refractivity contribution in [3.8, 4) is 0 Å². The van der Waals surface area contributed by atoms with Gasteiger partial charge >= 0.3 is 17.9 Å². The fraction of sp³-hybridized carbons (Fsp3) is 0.500. The number of hydrogen-bond acceptors (Lipinski definition) is 19. The Morgan fingerprint density at radius 1 is 0.442 bits per heavy atom. The number of benzene rings is 5. The Morgan fingerprint density at radius 2 is 0.850 bits per heavy atom. The lowest BCUT2D eigenvalue weighted by atomic mass is 9.98. The molecular weight excluding hydrogens is 2360 g/mol. The first-order valence-corrected chi connectivity index (χ1v) is 46.2. The number of ether oxygens (including phenoxy) is 2. The molecule has 0 radical (unpaired) electrons. The second-order valence-electron chi connectivity index (χ2n) is 28.9. The molecule has 3 atom stereocenters. The van der Waals surface area contributed by atoms with Crippen LogP contribution in [-0.2, 0) is 36.7 Å². The van der Waals surface area contributed by atoms with E-state index in [4.69, 9.17) is 14.1 Å². The van der Waals surface area contributed by atoms with Crippen LogP contribution in [0.3, 0.4) is 0 Å². The Balaban J connectivity index is 1.13. The Hall–Kier alpha value is -4.63. The largest absolute Gasteiger partial charge is 0.444 e. The van der Waals surface area contributed by atoms with Crippen molar-refractivity contribution in [3.05, 3.63) is 133 Å². The van der Waals surface area contributed by atoms with Crippen molar-refractivity contribution in [2.75, 3.05) is 61.8 Å². The van der Waals surface area contributed by atoms with Crippen LogP contribution in [0.1, 0.15) is 217 Å². The molecule has 27 nitrogen and oxygen atoms in total. The second-order valence-corrected chi connectivity index (χ2v) is 38.2. The van der Waals surface area contributed by atoms with Crippen LogP contribution in [-0.4, -0.2) is 144 Å². The molecule has 0 spiro atoms. The minimum absolute atomic E-state index is 0.0172. The number of aryl methyl sites for hydroxylation is 1. The van der Waals surface area contributed by atoms with Gasteiger partial charge in [-0.3, -0.25) is 43.7 Å². The van der Waals surface area contributed by atoms with E-state index < -0.39 is 76.0 Å². The van der Waals surface area contributed by atoms with Crippen molar-refractivity contribution in [1.82, 2.24) is 47.5 Å². The Bertz CT molecular complexity index is 4230. The van der Waals surface area contributed by atoms with E-state index in [0.717, 1.165) is 77.9 Å². The number of nitro benzene ring substituents is 1. The van der Waals surface area contributed by atoms with Gasteiger partial charge in [0.25, 0.3) is 17.7 Å². The van der Waals surface area contributed by atoms with Crippen LogP contribution < -0.4 is 53.2 Å². The van der Waals surface area contributed by atoms with E-state index in [1.54, 1.807) is 84.0 Å². The zero-order chi connectivity index (χ0) is 83.1. The Morgan fingerprint density at radius 3 is 1.29 bits per heavy atom. The fourth-order valence-corrected chi connectivity index (χ4v) is 20.5. The minimum atomic E-state index is -1.01. The lowest BCUT2D eigenvalue weighted by Gasteiger charge is -2.21. The highest BCUT2D eigenvalue weighted by Crippen LogP contribution is 2.32. The molecule has 1 aromatic heterocycles. The lowest BCUT2D eigenvalue weighted by Crippen LogP contribution is -2.47. The van der Waals surface area contributed by atoms with E-state index in [1.807, 2.05) is 12.1 Å². The van der Waals surface area contributed by atoms with E-state index in [9.17, 15) is 53.3 Å². The second kappa shape index (κ2) is 49.1. The summed E-state index contributed by atoms with van der Waals surface area (Å²) in [6, 6.07) is 14.4. The minimum Gasteiger partial charge on any atom is -0.444 e. The topological polar surface area (TPSA) is 374 Å². The number of non-ortho nitro benzene ring substituents is 1. The summed E-state index contributed by atoms with van der Waals surface area (Å²) < 4.78 is 22.3. The van der Waals surface area contributed by atoms with Gasteiger partial charge in [-0.1, -0.05) is 46.0 Å². The molecule has 0 unspecified atom stereocenters. The third-order valence-corrected chi connectivity index (χ3v) is 24.5. The molecule has 113 heavy (non-hydrogen) atoms. The summed E-state index contributed by atoms with van der Waals surface area (Å²) in [5, 5.41) is 49.8. The maximum absolute atomic E-state index is 14.5. The van der Waals surface area contributed by atoms with Crippen molar-refractivity contribution in [3.63, 3.8) is 0 Å². The number of Topliss-reactive ketones (excluding diaryl/α,β-unsaturated/α-hetero) is 2. The number of nitrogens with zero attached hydrogens (tertiary/aromatic N) is 3. The zero-order valence-corrected chi connectivity index (χ0v) is 81.7. The van der Waals surface area contributed by atoms with Crippen molar-refractivity contribution in [2.24, 2.45) is 0 Å². The van der Waals surface area contributed by atoms with Crippen LogP contribution in [0.5, 0.6) is 0 Å². The van der Waals surface area contributed by atoms with Crippen LogP contribution >= 0.6 is 181 Å². The SMILES string of the molecule is CCCCc1c(I)cc(C(=O)CCCCC[C@H](NC(=O)c2cc(I)c(NCCNC(=O)OC(C)(C)C)c(I)c2)C(=O)NCCCC[C@H](NC(=O)c2cc(I)c(NCCC)c(I)c2)C(=O)CCCCC[C@H](NC(=O)c2cc(I)c(NCCNC(=O)OC(C)(C)C)c(I)c2)C(=O)NCCCc2ccc([N+](=O)[O-])c3nonc23)cc1I. The van der Waals surface area contributed by atoms with Gasteiger partial charge in [0.15, 0.2) is 11.6 Å². The number of ketones is 2.